The average molecular weight is 221 g/mol. The van der Waals surface area contributed by atoms with Gasteiger partial charge in [-0.2, -0.15) is 0 Å². The lowest BCUT2D eigenvalue weighted by molar-refractivity contribution is -0.114. The summed E-state index contributed by atoms with van der Waals surface area (Å²) in [6, 6.07) is 7.78. The van der Waals surface area contributed by atoms with Gasteiger partial charge in [0.1, 0.15) is 0 Å². The van der Waals surface area contributed by atoms with Crippen molar-refractivity contribution in [3.8, 4) is 0 Å². The van der Waals surface area contributed by atoms with Gasteiger partial charge in [-0.25, -0.2) is 0 Å². The van der Waals surface area contributed by atoms with Crippen molar-refractivity contribution in [1.82, 2.24) is 0 Å². The third kappa shape index (κ3) is 3.24. The minimum Gasteiger partial charge on any atom is -0.372 e. The zero-order valence-corrected chi connectivity index (χ0v) is 9.86. The molecule has 0 aliphatic carbocycles. The van der Waals surface area contributed by atoms with Crippen LogP contribution in [0.15, 0.2) is 24.3 Å². The highest BCUT2D eigenvalue weighted by atomic mass is 16.1. The van der Waals surface area contributed by atoms with Crippen LogP contribution in [0, 0.1) is 0 Å². The van der Waals surface area contributed by atoms with Gasteiger partial charge in [0, 0.05) is 24.5 Å². The molecular formula is C12H19N3O. The molecular weight excluding hydrogens is 202 g/mol. The van der Waals surface area contributed by atoms with Crippen LogP contribution in [0.4, 0.5) is 11.4 Å². The van der Waals surface area contributed by atoms with Gasteiger partial charge < -0.3 is 16.0 Å². The summed E-state index contributed by atoms with van der Waals surface area (Å²) in [6.07, 6.45) is 0. The predicted molar refractivity (Wildman–Crippen MR) is 67.7 cm³/mol. The smallest absolute Gasteiger partial charge is 0.238 e. The molecule has 0 aliphatic heterocycles. The van der Waals surface area contributed by atoms with Crippen LogP contribution in [0.2, 0.25) is 0 Å². The normalized spacial score (nSPS) is 9.94. The van der Waals surface area contributed by atoms with Crippen molar-refractivity contribution in [1.29, 1.82) is 0 Å². The van der Waals surface area contributed by atoms with Crippen molar-refractivity contribution in [3.63, 3.8) is 0 Å². The highest BCUT2D eigenvalue weighted by Gasteiger charge is 2.02. The van der Waals surface area contributed by atoms with Crippen LogP contribution in [0.1, 0.15) is 13.8 Å². The monoisotopic (exact) mass is 221 g/mol. The second kappa shape index (κ2) is 6.12. The Morgan fingerprint density at radius 1 is 1.25 bits per heavy atom. The van der Waals surface area contributed by atoms with Crippen molar-refractivity contribution in [2.75, 3.05) is 29.9 Å². The van der Waals surface area contributed by atoms with E-state index in [-0.39, 0.29) is 12.5 Å². The fourth-order valence-electron chi connectivity index (χ4n) is 1.56. The highest BCUT2D eigenvalue weighted by Crippen LogP contribution is 2.17. The van der Waals surface area contributed by atoms with E-state index in [4.69, 9.17) is 5.73 Å². The van der Waals surface area contributed by atoms with Gasteiger partial charge >= 0.3 is 0 Å². The van der Waals surface area contributed by atoms with Crippen LogP contribution >= 0.6 is 0 Å². The minimum atomic E-state index is -0.171. The Kier molecular flexibility index (Phi) is 4.79. The van der Waals surface area contributed by atoms with Crippen molar-refractivity contribution >= 4 is 17.3 Å². The Morgan fingerprint density at radius 3 is 2.25 bits per heavy atom. The molecule has 1 aromatic carbocycles. The molecule has 1 aromatic rings. The van der Waals surface area contributed by atoms with Crippen LogP contribution < -0.4 is 16.0 Å². The van der Waals surface area contributed by atoms with Crippen LogP contribution in [0.3, 0.4) is 0 Å². The zero-order valence-electron chi connectivity index (χ0n) is 9.86. The van der Waals surface area contributed by atoms with E-state index >= 15 is 0 Å². The van der Waals surface area contributed by atoms with Gasteiger partial charge in [0.25, 0.3) is 0 Å². The number of nitrogens with two attached hydrogens (primary N) is 1. The number of nitrogens with one attached hydrogen (secondary N) is 1. The first-order valence-corrected chi connectivity index (χ1v) is 5.56. The van der Waals surface area contributed by atoms with Crippen LogP contribution in [-0.2, 0) is 4.79 Å². The van der Waals surface area contributed by atoms with Gasteiger partial charge in [-0.3, -0.25) is 4.79 Å². The molecule has 1 rings (SSSR count). The van der Waals surface area contributed by atoms with Gasteiger partial charge in [-0.1, -0.05) is 0 Å². The van der Waals surface area contributed by atoms with E-state index in [1.54, 1.807) is 0 Å². The van der Waals surface area contributed by atoms with Gasteiger partial charge in [-0.15, -0.1) is 0 Å². The molecule has 0 heterocycles. The lowest BCUT2D eigenvalue weighted by Gasteiger charge is -2.21. The van der Waals surface area contributed by atoms with Gasteiger partial charge in [-0.05, 0) is 38.1 Å². The van der Waals surface area contributed by atoms with Crippen LogP contribution in [0.25, 0.3) is 0 Å². The summed E-state index contributed by atoms with van der Waals surface area (Å²) in [4.78, 5) is 13.3. The molecule has 0 atom stereocenters. The summed E-state index contributed by atoms with van der Waals surface area (Å²) in [5, 5.41) is 2.71. The van der Waals surface area contributed by atoms with Crippen molar-refractivity contribution < 1.29 is 4.79 Å². The third-order valence-corrected chi connectivity index (χ3v) is 2.47. The largest absolute Gasteiger partial charge is 0.372 e. The average Bonchev–Trinajstić information content (AvgIpc) is 2.32. The highest BCUT2D eigenvalue weighted by molar-refractivity contribution is 5.92. The summed E-state index contributed by atoms with van der Waals surface area (Å²) in [7, 11) is 0. The molecule has 0 radical (unpaired) electrons. The number of benzene rings is 1. The number of rotatable bonds is 5. The molecule has 0 aromatic heterocycles. The van der Waals surface area contributed by atoms with E-state index < -0.39 is 0 Å². The molecule has 4 nitrogen and oxygen atoms in total. The Balaban J connectivity index is 2.70. The summed E-state index contributed by atoms with van der Waals surface area (Å²) in [5.74, 6) is -0.171. The lowest BCUT2D eigenvalue weighted by Crippen LogP contribution is -2.23. The molecule has 4 heteroatoms. The number of amides is 1. The van der Waals surface area contributed by atoms with Gasteiger partial charge in [0.2, 0.25) is 5.91 Å². The number of nitrogens with zero attached hydrogens (tertiary/aromatic N) is 1. The van der Waals surface area contributed by atoms with E-state index in [0.717, 1.165) is 24.5 Å². The van der Waals surface area contributed by atoms with Crippen LogP contribution in [0.5, 0.6) is 0 Å². The Labute approximate surface area is 96.4 Å². The molecule has 0 bridgehead atoms. The van der Waals surface area contributed by atoms with Crippen molar-refractivity contribution in [2.24, 2.45) is 5.73 Å². The Morgan fingerprint density at radius 2 is 1.81 bits per heavy atom. The maximum absolute atomic E-state index is 11.1. The Hall–Kier alpha value is -1.55. The molecule has 88 valence electrons. The first-order chi connectivity index (χ1) is 7.71. The maximum Gasteiger partial charge on any atom is 0.238 e. The molecule has 0 saturated heterocycles. The second-order valence-corrected chi connectivity index (χ2v) is 3.47. The SMILES string of the molecule is CCN(CC)c1ccc(NC(=O)CN)cc1. The van der Waals surface area contributed by atoms with E-state index in [1.807, 2.05) is 24.3 Å². The molecule has 3 N–H and O–H groups in total. The molecule has 1 amide bonds. The predicted octanol–water partition coefficient (Wildman–Crippen LogP) is 1.43. The fourth-order valence-corrected chi connectivity index (χ4v) is 1.56. The quantitative estimate of drug-likeness (QED) is 0.790. The summed E-state index contributed by atoms with van der Waals surface area (Å²) < 4.78 is 0. The summed E-state index contributed by atoms with van der Waals surface area (Å²) >= 11 is 0. The van der Waals surface area contributed by atoms with E-state index in [0.29, 0.717) is 0 Å². The van der Waals surface area contributed by atoms with Crippen molar-refractivity contribution in [2.45, 2.75) is 13.8 Å². The first-order valence-electron chi connectivity index (χ1n) is 5.56. The lowest BCUT2D eigenvalue weighted by atomic mass is 10.2. The number of anilines is 2. The summed E-state index contributed by atoms with van der Waals surface area (Å²) in [5.41, 5.74) is 7.17. The molecule has 0 unspecified atom stereocenters. The first kappa shape index (κ1) is 12.5. The molecule has 0 saturated carbocycles. The number of hydrogen-bond donors (Lipinski definition) is 2. The zero-order chi connectivity index (χ0) is 12.0. The molecule has 0 aliphatic rings. The van der Waals surface area contributed by atoms with E-state index in [2.05, 4.69) is 24.1 Å². The van der Waals surface area contributed by atoms with Gasteiger partial charge in [0.15, 0.2) is 0 Å². The third-order valence-electron chi connectivity index (χ3n) is 2.47. The number of hydrogen-bond acceptors (Lipinski definition) is 3. The standard InChI is InChI=1S/C12H19N3O/c1-3-15(4-2)11-7-5-10(6-8-11)14-12(16)9-13/h5-8H,3-4,9,13H2,1-2H3,(H,14,16). The molecule has 0 spiro atoms. The molecule has 16 heavy (non-hydrogen) atoms. The molecule has 0 fully saturated rings. The second-order valence-electron chi connectivity index (χ2n) is 3.47. The fraction of sp³-hybridized carbons (Fsp3) is 0.417. The summed E-state index contributed by atoms with van der Waals surface area (Å²) in [6.45, 7) is 6.20. The minimum absolute atomic E-state index is 0.0117. The van der Waals surface area contributed by atoms with E-state index in [1.165, 1.54) is 0 Å². The van der Waals surface area contributed by atoms with E-state index in [9.17, 15) is 4.79 Å². The number of carbonyl (C=O) groups excluding carboxylic acids is 1. The van der Waals surface area contributed by atoms with Crippen LogP contribution in [-0.4, -0.2) is 25.5 Å². The Bertz CT molecular complexity index is 331. The van der Waals surface area contributed by atoms with Crippen molar-refractivity contribution in [3.05, 3.63) is 24.3 Å². The topological polar surface area (TPSA) is 58.4 Å². The number of carbonyl (C=O) groups is 1. The maximum atomic E-state index is 11.1. The van der Waals surface area contributed by atoms with Gasteiger partial charge in [0.05, 0.1) is 6.54 Å².